The van der Waals surface area contributed by atoms with Crippen LogP contribution in [0.2, 0.25) is 0 Å². The first-order valence-electron chi connectivity index (χ1n) is 6.74. The summed E-state index contributed by atoms with van der Waals surface area (Å²) in [7, 11) is 1.97. The number of aryl methyl sites for hydroxylation is 1. The zero-order valence-electron chi connectivity index (χ0n) is 11.3. The highest BCUT2D eigenvalue weighted by Crippen LogP contribution is 2.30. The molecule has 0 fully saturated rings. The van der Waals surface area contributed by atoms with Crippen molar-refractivity contribution >= 4 is 11.2 Å². The summed E-state index contributed by atoms with van der Waals surface area (Å²) in [5.74, 6) is 2.10. The van der Waals surface area contributed by atoms with Crippen LogP contribution >= 0.6 is 0 Å². The second-order valence-electron chi connectivity index (χ2n) is 5.47. The van der Waals surface area contributed by atoms with Crippen molar-refractivity contribution in [3.63, 3.8) is 0 Å². The minimum atomic E-state index is 0.424. The second-order valence-corrected chi connectivity index (χ2v) is 5.47. The Morgan fingerprint density at radius 3 is 2.89 bits per heavy atom. The Hall–Kier alpha value is -1.58. The Labute approximate surface area is 107 Å². The first-order chi connectivity index (χ1) is 8.66. The van der Waals surface area contributed by atoms with E-state index in [-0.39, 0.29) is 0 Å². The maximum Gasteiger partial charge on any atom is 0.176 e. The minimum Gasteiger partial charge on any atom is -0.339 e. The molecule has 2 aromatic heterocycles. The number of nitrogens with one attached hydrogen (secondary N) is 1. The number of allylic oxidation sites excluding steroid dienone is 2. The molecule has 0 bridgehead atoms. The lowest BCUT2D eigenvalue weighted by atomic mass is 9.94. The molecular formula is C14H20N4. The summed E-state index contributed by atoms with van der Waals surface area (Å²) in [6.07, 6.45) is 7.99. The summed E-state index contributed by atoms with van der Waals surface area (Å²) in [4.78, 5) is 8.26. The lowest BCUT2D eigenvalue weighted by molar-refractivity contribution is 0.587. The van der Waals surface area contributed by atoms with Gasteiger partial charge >= 0.3 is 0 Å². The highest BCUT2D eigenvalue weighted by atomic mass is 15.3. The van der Waals surface area contributed by atoms with E-state index < -0.39 is 0 Å². The Balaban J connectivity index is 2.05. The van der Waals surface area contributed by atoms with Gasteiger partial charge in [0.2, 0.25) is 0 Å². The minimum absolute atomic E-state index is 0.424. The van der Waals surface area contributed by atoms with Gasteiger partial charge in [0.25, 0.3) is 0 Å². The zero-order chi connectivity index (χ0) is 12.7. The molecule has 4 heteroatoms. The van der Waals surface area contributed by atoms with Crippen LogP contribution in [-0.4, -0.2) is 19.7 Å². The van der Waals surface area contributed by atoms with Gasteiger partial charge in [-0.2, -0.15) is 5.10 Å². The number of hydrogen-bond donors (Lipinski definition) is 1. The largest absolute Gasteiger partial charge is 0.339 e. The summed E-state index contributed by atoms with van der Waals surface area (Å²) in [6, 6.07) is 0. The Morgan fingerprint density at radius 2 is 2.22 bits per heavy atom. The summed E-state index contributed by atoms with van der Waals surface area (Å²) in [6.45, 7) is 4.34. The van der Waals surface area contributed by atoms with Crippen LogP contribution in [0.25, 0.3) is 11.2 Å². The molecule has 3 rings (SSSR count). The predicted octanol–water partition coefficient (Wildman–Crippen LogP) is 3.24. The second kappa shape index (κ2) is 4.26. The van der Waals surface area contributed by atoms with E-state index in [4.69, 9.17) is 4.98 Å². The molecule has 0 saturated heterocycles. The molecule has 18 heavy (non-hydrogen) atoms. The normalized spacial score (nSPS) is 20.1. The van der Waals surface area contributed by atoms with E-state index in [1.165, 1.54) is 6.42 Å². The number of aromatic nitrogens is 4. The molecule has 0 spiro atoms. The number of hydrogen-bond acceptors (Lipinski definition) is 2. The smallest absolute Gasteiger partial charge is 0.176 e. The molecule has 96 valence electrons. The van der Waals surface area contributed by atoms with E-state index in [9.17, 15) is 0 Å². The van der Waals surface area contributed by atoms with E-state index in [0.717, 1.165) is 35.5 Å². The van der Waals surface area contributed by atoms with Crippen molar-refractivity contribution in [2.75, 3.05) is 0 Å². The third-order valence-corrected chi connectivity index (χ3v) is 3.73. The van der Waals surface area contributed by atoms with E-state index in [1.54, 1.807) is 0 Å². The molecule has 1 atom stereocenters. The van der Waals surface area contributed by atoms with Crippen molar-refractivity contribution in [2.45, 2.75) is 44.9 Å². The molecule has 0 saturated carbocycles. The van der Waals surface area contributed by atoms with Gasteiger partial charge in [-0.25, -0.2) is 9.67 Å². The average molecular weight is 244 g/mol. The molecule has 1 N–H and O–H groups in total. The zero-order valence-corrected chi connectivity index (χ0v) is 11.3. The highest BCUT2D eigenvalue weighted by molar-refractivity contribution is 5.75. The lowest BCUT2D eigenvalue weighted by Gasteiger charge is -2.14. The average Bonchev–Trinajstić information content (AvgIpc) is 2.91. The van der Waals surface area contributed by atoms with Crippen LogP contribution in [0, 0.1) is 0 Å². The molecule has 2 heterocycles. The maximum atomic E-state index is 4.75. The molecular weight excluding hydrogens is 224 g/mol. The van der Waals surface area contributed by atoms with Crippen molar-refractivity contribution in [3.05, 3.63) is 23.7 Å². The van der Waals surface area contributed by atoms with Gasteiger partial charge in [0.1, 0.15) is 11.3 Å². The van der Waals surface area contributed by atoms with Crippen molar-refractivity contribution in [1.29, 1.82) is 0 Å². The monoisotopic (exact) mass is 244 g/mol. The van der Waals surface area contributed by atoms with Crippen LogP contribution < -0.4 is 0 Å². The summed E-state index contributed by atoms with van der Waals surface area (Å²) >= 11 is 0. The van der Waals surface area contributed by atoms with E-state index >= 15 is 0 Å². The molecule has 1 aliphatic rings. The van der Waals surface area contributed by atoms with Crippen molar-refractivity contribution in [3.8, 4) is 0 Å². The van der Waals surface area contributed by atoms with Crippen LogP contribution in [0.5, 0.6) is 0 Å². The van der Waals surface area contributed by atoms with E-state index in [2.05, 4.69) is 36.1 Å². The number of aromatic amines is 1. The number of H-pyrrole nitrogens is 1. The Bertz CT molecular complexity index is 588. The Kier molecular flexibility index (Phi) is 2.73. The third-order valence-electron chi connectivity index (χ3n) is 3.73. The van der Waals surface area contributed by atoms with Gasteiger partial charge in [-0.1, -0.05) is 26.0 Å². The van der Waals surface area contributed by atoms with Crippen molar-refractivity contribution in [1.82, 2.24) is 19.7 Å². The predicted molar refractivity (Wildman–Crippen MR) is 72.7 cm³/mol. The van der Waals surface area contributed by atoms with Gasteiger partial charge < -0.3 is 4.98 Å². The highest BCUT2D eigenvalue weighted by Gasteiger charge is 2.21. The van der Waals surface area contributed by atoms with Crippen LogP contribution in [-0.2, 0) is 7.05 Å². The Morgan fingerprint density at radius 1 is 1.39 bits per heavy atom. The standard InChI is InChI=1S/C14H20N4/c1-9(2)11-12-14(18(3)17-11)16-13(15-12)10-7-5-4-6-8-10/h4-5,9-10H,6-8H2,1-3H3,(H,15,16). The molecule has 0 amide bonds. The first-order valence-corrected chi connectivity index (χ1v) is 6.74. The third kappa shape index (κ3) is 1.76. The SMILES string of the molecule is CC(C)c1nn(C)c2nc(C3CC=CCC3)[nH]c12. The number of imidazole rings is 1. The van der Waals surface area contributed by atoms with Crippen LogP contribution in [0.3, 0.4) is 0 Å². The van der Waals surface area contributed by atoms with Gasteiger partial charge in [-0.15, -0.1) is 0 Å². The topological polar surface area (TPSA) is 46.5 Å². The number of rotatable bonds is 2. The van der Waals surface area contributed by atoms with Gasteiger partial charge in [0, 0.05) is 13.0 Å². The van der Waals surface area contributed by atoms with Crippen molar-refractivity contribution < 1.29 is 0 Å². The fraction of sp³-hybridized carbons (Fsp3) is 0.571. The number of nitrogens with zero attached hydrogens (tertiary/aromatic N) is 3. The van der Waals surface area contributed by atoms with Gasteiger partial charge in [0.05, 0.1) is 5.69 Å². The van der Waals surface area contributed by atoms with Crippen LogP contribution in [0.4, 0.5) is 0 Å². The first kappa shape index (κ1) is 11.5. The summed E-state index contributed by atoms with van der Waals surface area (Å²) < 4.78 is 1.89. The molecule has 1 unspecified atom stereocenters. The van der Waals surface area contributed by atoms with Gasteiger partial charge in [-0.05, 0) is 25.2 Å². The van der Waals surface area contributed by atoms with E-state index in [0.29, 0.717) is 11.8 Å². The molecule has 0 aliphatic heterocycles. The molecule has 0 aromatic carbocycles. The van der Waals surface area contributed by atoms with E-state index in [1.807, 2.05) is 11.7 Å². The van der Waals surface area contributed by atoms with Crippen molar-refractivity contribution in [2.24, 2.45) is 7.05 Å². The molecule has 2 aromatic rings. The number of fused-ring (bicyclic) bond motifs is 1. The molecule has 1 aliphatic carbocycles. The summed E-state index contributed by atoms with van der Waals surface area (Å²) in [5, 5.41) is 4.54. The van der Waals surface area contributed by atoms with Gasteiger partial charge in [-0.3, -0.25) is 0 Å². The molecule has 0 radical (unpaired) electrons. The van der Waals surface area contributed by atoms with Crippen LogP contribution in [0.1, 0.15) is 56.5 Å². The van der Waals surface area contributed by atoms with Crippen LogP contribution in [0.15, 0.2) is 12.2 Å². The maximum absolute atomic E-state index is 4.75. The fourth-order valence-corrected chi connectivity index (χ4v) is 2.69. The lowest BCUT2D eigenvalue weighted by Crippen LogP contribution is -2.04. The quantitative estimate of drug-likeness (QED) is 0.824. The fourth-order valence-electron chi connectivity index (χ4n) is 2.69. The molecule has 4 nitrogen and oxygen atoms in total. The van der Waals surface area contributed by atoms with Gasteiger partial charge in [0.15, 0.2) is 5.65 Å². The summed E-state index contributed by atoms with van der Waals surface area (Å²) in [5.41, 5.74) is 3.23.